The second-order valence-corrected chi connectivity index (χ2v) is 7.07. The molecule has 0 aromatic heterocycles. The number of halogens is 2. The molecule has 2 aromatic carbocycles. The van der Waals surface area contributed by atoms with Crippen molar-refractivity contribution in [3.05, 3.63) is 58.5 Å². The molecule has 0 fully saturated rings. The zero-order valence-corrected chi connectivity index (χ0v) is 17.9. The summed E-state index contributed by atoms with van der Waals surface area (Å²) in [5.74, 6) is -1.75. The number of hydrogen-bond donors (Lipinski definition) is 1. The van der Waals surface area contributed by atoms with E-state index in [9.17, 15) is 4.79 Å². The summed E-state index contributed by atoms with van der Waals surface area (Å²) < 4.78 is 36.8. The van der Waals surface area contributed by atoms with E-state index in [1.165, 1.54) is 39.5 Å². The topological polar surface area (TPSA) is 66.0 Å². The van der Waals surface area contributed by atoms with Crippen LogP contribution in [0.15, 0.2) is 36.5 Å². The molecule has 2 aromatic rings. The summed E-state index contributed by atoms with van der Waals surface area (Å²) >= 11 is 6.17. The molecule has 0 aliphatic carbocycles. The molecule has 30 heavy (non-hydrogen) atoms. The molecule has 160 valence electrons. The Morgan fingerprint density at radius 1 is 1.17 bits per heavy atom. The van der Waals surface area contributed by atoms with Gasteiger partial charge in [0.05, 0.1) is 27.9 Å². The van der Waals surface area contributed by atoms with E-state index in [1.807, 2.05) is 0 Å². The number of rotatable bonds is 6. The van der Waals surface area contributed by atoms with E-state index in [0.29, 0.717) is 39.2 Å². The van der Waals surface area contributed by atoms with Crippen molar-refractivity contribution in [3.8, 4) is 17.2 Å². The molecule has 6 nitrogen and oxygen atoms in total. The van der Waals surface area contributed by atoms with Gasteiger partial charge in [0.1, 0.15) is 11.7 Å². The molecular weight excluding hydrogens is 413 g/mol. The summed E-state index contributed by atoms with van der Waals surface area (Å²) in [6.07, 6.45) is 0. The van der Waals surface area contributed by atoms with Crippen LogP contribution in [-0.2, 0) is 9.53 Å². The Balaban J connectivity index is 2.38. The lowest BCUT2D eigenvalue weighted by atomic mass is 9.75. The number of nitrogens with one attached hydrogen (secondary N) is 1. The zero-order chi connectivity index (χ0) is 22.0. The van der Waals surface area contributed by atoms with Crippen molar-refractivity contribution in [1.29, 1.82) is 0 Å². The van der Waals surface area contributed by atoms with Crippen LogP contribution in [0, 0.1) is 11.7 Å². The Kier molecular flexibility index (Phi) is 6.41. The predicted molar refractivity (Wildman–Crippen MR) is 112 cm³/mol. The summed E-state index contributed by atoms with van der Waals surface area (Å²) in [4.78, 5) is 12.9. The standard InChI is InChI=1S/C22H23ClFNO5/c1-6-30-22(26)17-11(2)25-15-10-16(27-3)20(28-4)21(29-5)19(15)18(17)13-9-12(23)7-8-14(13)24/h7-10,17-18,25H,2,6H2,1,3-5H3. The molecule has 0 amide bonds. The second kappa shape index (κ2) is 8.83. The van der Waals surface area contributed by atoms with Gasteiger partial charge in [0, 0.05) is 34.0 Å². The third-order valence-electron chi connectivity index (χ3n) is 5.02. The van der Waals surface area contributed by atoms with E-state index in [4.69, 9.17) is 30.5 Å². The molecule has 1 N–H and O–H groups in total. The molecule has 0 saturated heterocycles. The van der Waals surface area contributed by atoms with Crippen LogP contribution in [0.3, 0.4) is 0 Å². The van der Waals surface area contributed by atoms with Crippen molar-refractivity contribution in [3.63, 3.8) is 0 Å². The molecule has 2 atom stereocenters. The highest BCUT2D eigenvalue weighted by Gasteiger charge is 2.43. The molecule has 0 saturated carbocycles. The Bertz CT molecular complexity index is 994. The minimum absolute atomic E-state index is 0.170. The first-order valence-corrected chi connectivity index (χ1v) is 9.65. The van der Waals surface area contributed by atoms with Crippen LogP contribution in [0.2, 0.25) is 5.02 Å². The van der Waals surface area contributed by atoms with Crippen molar-refractivity contribution >= 4 is 23.3 Å². The molecule has 2 unspecified atom stereocenters. The highest BCUT2D eigenvalue weighted by Crippen LogP contribution is 2.54. The van der Waals surface area contributed by atoms with Crippen LogP contribution >= 0.6 is 11.6 Å². The van der Waals surface area contributed by atoms with Crippen molar-refractivity contribution in [2.24, 2.45) is 5.92 Å². The molecular formula is C22H23ClFNO5. The van der Waals surface area contributed by atoms with Gasteiger partial charge >= 0.3 is 5.97 Å². The van der Waals surface area contributed by atoms with Gasteiger partial charge in [-0.2, -0.15) is 0 Å². The molecule has 1 aliphatic rings. The van der Waals surface area contributed by atoms with Crippen molar-refractivity contribution < 1.29 is 28.1 Å². The summed E-state index contributed by atoms with van der Waals surface area (Å²) in [6, 6.07) is 5.89. The Hall–Kier alpha value is -2.93. The maximum Gasteiger partial charge on any atom is 0.315 e. The van der Waals surface area contributed by atoms with E-state index >= 15 is 4.39 Å². The first kappa shape index (κ1) is 21.8. The molecule has 8 heteroatoms. The van der Waals surface area contributed by atoms with Gasteiger partial charge in [0.15, 0.2) is 11.5 Å². The highest BCUT2D eigenvalue weighted by molar-refractivity contribution is 6.30. The van der Waals surface area contributed by atoms with E-state index in [1.54, 1.807) is 13.0 Å². The fraction of sp³-hybridized carbons (Fsp3) is 0.318. The van der Waals surface area contributed by atoms with Gasteiger partial charge < -0.3 is 24.3 Å². The normalized spacial score (nSPS) is 17.6. The highest BCUT2D eigenvalue weighted by atomic mass is 35.5. The van der Waals surface area contributed by atoms with Gasteiger partial charge in [-0.1, -0.05) is 18.2 Å². The molecule has 1 heterocycles. The Labute approximate surface area is 179 Å². The van der Waals surface area contributed by atoms with Gasteiger partial charge in [-0.3, -0.25) is 4.79 Å². The molecule has 0 spiro atoms. The van der Waals surface area contributed by atoms with Gasteiger partial charge in [-0.05, 0) is 30.7 Å². The summed E-state index contributed by atoms with van der Waals surface area (Å²) in [5.41, 5.74) is 1.65. The maximum absolute atomic E-state index is 15.0. The largest absolute Gasteiger partial charge is 0.493 e. The fourth-order valence-corrected chi connectivity index (χ4v) is 3.99. The number of ether oxygens (including phenoxy) is 4. The average molecular weight is 436 g/mol. The number of carbonyl (C=O) groups excluding carboxylic acids is 1. The third-order valence-corrected chi connectivity index (χ3v) is 5.25. The Morgan fingerprint density at radius 3 is 2.47 bits per heavy atom. The molecule has 0 bridgehead atoms. The minimum Gasteiger partial charge on any atom is -0.493 e. The predicted octanol–water partition coefficient (Wildman–Crippen LogP) is 4.76. The van der Waals surface area contributed by atoms with Gasteiger partial charge in [-0.25, -0.2) is 4.39 Å². The lowest BCUT2D eigenvalue weighted by molar-refractivity contribution is -0.147. The van der Waals surface area contributed by atoms with Crippen LogP contribution < -0.4 is 19.5 Å². The number of esters is 1. The first-order valence-electron chi connectivity index (χ1n) is 9.28. The number of methoxy groups -OCH3 is 3. The monoisotopic (exact) mass is 435 g/mol. The van der Waals surface area contributed by atoms with Crippen LogP contribution in [0.4, 0.5) is 10.1 Å². The fourth-order valence-electron chi connectivity index (χ4n) is 3.81. The van der Waals surface area contributed by atoms with Crippen LogP contribution in [0.25, 0.3) is 0 Å². The Morgan fingerprint density at radius 2 is 1.87 bits per heavy atom. The van der Waals surface area contributed by atoms with Crippen molar-refractivity contribution in [2.75, 3.05) is 33.3 Å². The van der Waals surface area contributed by atoms with Crippen LogP contribution in [0.1, 0.15) is 24.0 Å². The molecule has 0 radical (unpaired) electrons. The number of carbonyl (C=O) groups is 1. The number of fused-ring (bicyclic) bond motifs is 1. The number of hydrogen-bond acceptors (Lipinski definition) is 6. The molecule has 3 rings (SSSR count). The van der Waals surface area contributed by atoms with E-state index in [-0.39, 0.29) is 12.2 Å². The quantitative estimate of drug-likeness (QED) is 0.660. The van der Waals surface area contributed by atoms with E-state index in [0.717, 1.165) is 0 Å². The minimum atomic E-state index is -0.919. The zero-order valence-electron chi connectivity index (χ0n) is 17.2. The maximum atomic E-state index is 15.0. The van der Waals surface area contributed by atoms with Gasteiger partial charge in [0.25, 0.3) is 0 Å². The second-order valence-electron chi connectivity index (χ2n) is 6.63. The summed E-state index contributed by atoms with van der Waals surface area (Å²) in [5, 5.41) is 3.45. The van der Waals surface area contributed by atoms with Crippen LogP contribution in [-0.4, -0.2) is 33.9 Å². The first-order chi connectivity index (χ1) is 14.4. The summed E-state index contributed by atoms with van der Waals surface area (Å²) in [7, 11) is 4.43. The number of anilines is 1. The van der Waals surface area contributed by atoms with Gasteiger partial charge in [-0.15, -0.1) is 0 Å². The lowest BCUT2D eigenvalue weighted by Crippen LogP contribution is -2.34. The summed E-state index contributed by atoms with van der Waals surface area (Å²) in [6.45, 7) is 5.87. The van der Waals surface area contributed by atoms with Crippen molar-refractivity contribution in [2.45, 2.75) is 12.8 Å². The lowest BCUT2D eigenvalue weighted by Gasteiger charge is -2.36. The van der Waals surface area contributed by atoms with Crippen LogP contribution in [0.5, 0.6) is 17.2 Å². The van der Waals surface area contributed by atoms with E-state index in [2.05, 4.69) is 11.9 Å². The number of benzene rings is 2. The molecule has 1 aliphatic heterocycles. The SMILES string of the molecule is C=C1Nc2cc(OC)c(OC)c(OC)c2C(c2cc(Cl)ccc2F)C1C(=O)OCC. The smallest absolute Gasteiger partial charge is 0.315 e. The average Bonchev–Trinajstić information content (AvgIpc) is 2.73. The van der Waals surface area contributed by atoms with Gasteiger partial charge in [0.2, 0.25) is 5.75 Å². The third kappa shape index (κ3) is 3.65. The van der Waals surface area contributed by atoms with E-state index < -0.39 is 23.6 Å². The van der Waals surface area contributed by atoms with Crippen molar-refractivity contribution in [1.82, 2.24) is 0 Å².